The Morgan fingerprint density at radius 3 is 2.82 bits per heavy atom. The van der Waals surface area contributed by atoms with E-state index < -0.39 is 16.7 Å². The molecule has 146 valence electrons. The van der Waals surface area contributed by atoms with Crippen molar-refractivity contribution in [3.8, 4) is 0 Å². The molecule has 2 aromatic carbocycles. The van der Waals surface area contributed by atoms with E-state index in [1.165, 1.54) is 23.9 Å². The van der Waals surface area contributed by atoms with E-state index in [1.54, 1.807) is 0 Å². The topological polar surface area (TPSA) is 156 Å². The number of nitrogen functional groups attached to an aromatic ring is 1. The summed E-state index contributed by atoms with van der Waals surface area (Å²) in [5.74, 6) is -0.292. The highest BCUT2D eigenvalue weighted by Crippen LogP contribution is 2.24. The van der Waals surface area contributed by atoms with Gasteiger partial charge in [0, 0.05) is 12.3 Å². The number of aliphatic imine (C=N–C) groups is 1. The second-order valence-electron chi connectivity index (χ2n) is 5.31. The fourth-order valence-electron chi connectivity index (χ4n) is 2.14. The summed E-state index contributed by atoms with van der Waals surface area (Å²) < 4.78 is 17.9. The Hall–Kier alpha value is -2.96. The highest BCUT2D eigenvalue weighted by atomic mass is 35.5. The Bertz CT molecular complexity index is 1110. The minimum Gasteiger partial charge on any atom is -0.394 e. The molecule has 0 saturated carbocycles. The van der Waals surface area contributed by atoms with Crippen LogP contribution in [0.4, 0.5) is 21.5 Å². The zero-order valence-corrected chi connectivity index (χ0v) is 15.5. The lowest BCUT2D eigenvalue weighted by Crippen LogP contribution is -2.37. The SMILES string of the molecule is Nc1c(NCCSc2nonc2C(=Nc2ccc(F)c(Cl)c2)NO)c(=O)c1=O. The minimum absolute atomic E-state index is 0.0874. The molecule has 0 aliphatic heterocycles. The van der Waals surface area contributed by atoms with Gasteiger partial charge in [-0.15, -0.1) is 0 Å². The van der Waals surface area contributed by atoms with Crippen LogP contribution in [0.5, 0.6) is 0 Å². The van der Waals surface area contributed by atoms with Gasteiger partial charge in [0.25, 0.3) is 10.9 Å². The molecule has 13 heteroatoms. The third kappa shape index (κ3) is 3.98. The average molecular weight is 427 g/mol. The van der Waals surface area contributed by atoms with E-state index in [0.717, 1.165) is 6.07 Å². The molecular formula is C15H12ClFN6O4S. The molecule has 0 atom stereocenters. The summed E-state index contributed by atoms with van der Waals surface area (Å²) >= 11 is 6.90. The molecule has 0 fully saturated rings. The van der Waals surface area contributed by atoms with E-state index in [4.69, 9.17) is 17.3 Å². The van der Waals surface area contributed by atoms with E-state index in [2.05, 4.69) is 25.3 Å². The molecular weight excluding hydrogens is 415 g/mol. The lowest BCUT2D eigenvalue weighted by Gasteiger charge is -2.09. The smallest absolute Gasteiger partial charge is 0.253 e. The number of benzene rings is 1. The number of hydrogen-bond donors (Lipinski definition) is 4. The molecule has 0 amide bonds. The molecule has 0 spiro atoms. The van der Waals surface area contributed by atoms with Crippen molar-refractivity contribution < 1.29 is 14.2 Å². The Balaban J connectivity index is 1.67. The summed E-state index contributed by atoms with van der Waals surface area (Å²) in [4.78, 5) is 26.5. The average Bonchev–Trinajstić information content (AvgIpc) is 3.16. The summed E-state index contributed by atoms with van der Waals surface area (Å²) in [6.45, 7) is 0.304. The van der Waals surface area contributed by atoms with Crippen molar-refractivity contribution in [2.45, 2.75) is 5.03 Å². The molecule has 3 aromatic rings. The first-order valence-corrected chi connectivity index (χ1v) is 9.01. The maximum Gasteiger partial charge on any atom is 0.253 e. The zero-order chi connectivity index (χ0) is 20.3. The van der Waals surface area contributed by atoms with Crippen LogP contribution in [0.15, 0.2) is 42.4 Å². The van der Waals surface area contributed by atoms with Crippen LogP contribution in [0.1, 0.15) is 5.69 Å². The van der Waals surface area contributed by atoms with Gasteiger partial charge in [0.15, 0.2) is 16.6 Å². The first-order valence-electron chi connectivity index (χ1n) is 7.64. The van der Waals surface area contributed by atoms with E-state index in [0.29, 0.717) is 17.3 Å². The summed E-state index contributed by atoms with van der Waals surface area (Å²) in [5.41, 5.74) is 6.35. The largest absolute Gasteiger partial charge is 0.394 e. The van der Waals surface area contributed by atoms with Crippen molar-refractivity contribution in [3.05, 3.63) is 55.2 Å². The third-order valence-corrected chi connectivity index (χ3v) is 4.76. The maximum atomic E-state index is 13.2. The first-order chi connectivity index (χ1) is 13.4. The Kier molecular flexibility index (Phi) is 5.92. The maximum absolute atomic E-state index is 13.2. The van der Waals surface area contributed by atoms with Crippen molar-refractivity contribution in [2.24, 2.45) is 4.99 Å². The molecule has 28 heavy (non-hydrogen) atoms. The van der Waals surface area contributed by atoms with Crippen LogP contribution in [-0.2, 0) is 0 Å². The number of anilines is 2. The van der Waals surface area contributed by atoms with Gasteiger partial charge in [-0.25, -0.2) is 14.0 Å². The number of rotatable bonds is 7. The van der Waals surface area contributed by atoms with Gasteiger partial charge in [-0.2, -0.15) is 0 Å². The highest BCUT2D eigenvalue weighted by Gasteiger charge is 2.19. The Morgan fingerprint density at radius 2 is 2.14 bits per heavy atom. The molecule has 0 bridgehead atoms. The predicted octanol–water partition coefficient (Wildman–Crippen LogP) is 1.30. The summed E-state index contributed by atoms with van der Waals surface area (Å²) in [6, 6.07) is 3.76. The second-order valence-corrected chi connectivity index (χ2v) is 6.80. The normalized spacial score (nSPS) is 11.8. The van der Waals surface area contributed by atoms with Crippen molar-refractivity contribution in [3.63, 3.8) is 0 Å². The van der Waals surface area contributed by atoms with E-state index in [1.807, 2.05) is 5.48 Å². The minimum atomic E-state index is -0.700. The van der Waals surface area contributed by atoms with Crippen LogP contribution in [-0.4, -0.2) is 33.7 Å². The molecule has 0 saturated heterocycles. The fourth-order valence-corrected chi connectivity index (χ4v) is 3.07. The van der Waals surface area contributed by atoms with Gasteiger partial charge >= 0.3 is 0 Å². The molecule has 0 unspecified atom stereocenters. The lowest BCUT2D eigenvalue weighted by molar-refractivity contribution is 0.234. The number of hydroxylamine groups is 1. The van der Waals surface area contributed by atoms with Crippen LogP contribution >= 0.6 is 23.4 Å². The number of halogens is 2. The Morgan fingerprint density at radius 1 is 1.36 bits per heavy atom. The third-order valence-electron chi connectivity index (χ3n) is 3.52. The highest BCUT2D eigenvalue weighted by molar-refractivity contribution is 7.99. The van der Waals surface area contributed by atoms with Gasteiger partial charge in [-0.3, -0.25) is 20.3 Å². The number of aromatic nitrogens is 2. The molecule has 0 aliphatic carbocycles. The van der Waals surface area contributed by atoms with Gasteiger partial charge in [0.1, 0.15) is 17.2 Å². The van der Waals surface area contributed by atoms with Crippen molar-refractivity contribution in [1.29, 1.82) is 0 Å². The number of hydrogen-bond acceptors (Lipinski definition) is 10. The number of nitrogens with two attached hydrogens (primary N) is 1. The number of thioether (sulfide) groups is 1. The predicted molar refractivity (Wildman–Crippen MR) is 102 cm³/mol. The van der Waals surface area contributed by atoms with Crippen LogP contribution in [0.25, 0.3) is 0 Å². The number of nitrogens with zero attached hydrogens (tertiary/aromatic N) is 3. The van der Waals surface area contributed by atoms with Gasteiger partial charge in [0.2, 0.25) is 0 Å². The molecule has 1 aromatic heterocycles. The number of amidine groups is 1. The quantitative estimate of drug-likeness (QED) is 0.108. The Labute approximate surface area is 165 Å². The van der Waals surface area contributed by atoms with Crippen LogP contribution in [0, 0.1) is 5.82 Å². The van der Waals surface area contributed by atoms with E-state index >= 15 is 0 Å². The zero-order valence-electron chi connectivity index (χ0n) is 13.9. The van der Waals surface area contributed by atoms with Crippen LogP contribution < -0.4 is 27.4 Å². The van der Waals surface area contributed by atoms with Crippen molar-refractivity contribution in [2.75, 3.05) is 23.3 Å². The standard InChI is InChI=1S/C15H12ClFN6O4S/c16-7-5-6(1-2-8(7)17)20-14(21-26)11-15(23-27-22-11)28-4-3-19-10-9(18)12(24)13(10)25/h1-2,5,19,26H,3-4,18H2,(H,20,21). The van der Waals surface area contributed by atoms with E-state index in [9.17, 15) is 19.2 Å². The fraction of sp³-hybridized carbons (Fsp3) is 0.133. The van der Waals surface area contributed by atoms with Gasteiger partial charge in [0.05, 0.1) is 10.7 Å². The number of nitrogens with one attached hydrogen (secondary N) is 2. The first kappa shape index (κ1) is 19.8. The molecule has 0 radical (unpaired) electrons. The molecule has 1 heterocycles. The molecule has 3 rings (SSSR count). The molecule has 5 N–H and O–H groups in total. The summed E-state index contributed by atoms with van der Waals surface area (Å²) in [6.07, 6.45) is 0. The lowest BCUT2D eigenvalue weighted by atomic mass is 10.2. The molecule has 10 nitrogen and oxygen atoms in total. The van der Waals surface area contributed by atoms with Crippen LogP contribution in [0.3, 0.4) is 0 Å². The van der Waals surface area contributed by atoms with Gasteiger partial charge < -0.3 is 11.1 Å². The van der Waals surface area contributed by atoms with E-state index in [-0.39, 0.29) is 33.6 Å². The summed E-state index contributed by atoms with van der Waals surface area (Å²) in [5, 5.41) is 19.7. The summed E-state index contributed by atoms with van der Waals surface area (Å²) in [7, 11) is 0. The van der Waals surface area contributed by atoms with Crippen molar-refractivity contribution in [1.82, 2.24) is 15.8 Å². The van der Waals surface area contributed by atoms with Crippen LogP contribution in [0.2, 0.25) is 5.02 Å². The second kappa shape index (κ2) is 8.37. The monoisotopic (exact) mass is 426 g/mol. The van der Waals surface area contributed by atoms with Gasteiger partial charge in [-0.1, -0.05) is 23.4 Å². The van der Waals surface area contributed by atoms with Gasteiger partial charge in [-0.05, 0) is 28.5 Å². The van der Waals surface area contributed by atoms with Crippen molar-refractivity contribution >= 4 is 46.3 Å². The molecule has 0 aliphatic rings.